The SMILES string of the molecule is CC(=O)c1ccc(C#N)cc1.N#Cc1ccc(C=O)cc1. The molecule has 0 N–H and O–H groups in total. The number of hydrogen-bond donors (Lipinski definition) is 0. The molecule has 0 aromatic heterocycles. The van der Waals surface area contributed by atoms with E-state index in [0.29, 0.717) is 22.3 Å². The molecule has 0 heterocycles. The molecule has 0 spiro atoms. The van der Waals surface area contributed by atoms with Crippen molar-refractivity contribution < 1.29 is 9.59 Å². The molecule has 0 saturated heterocycles. The van der Waals surface area contributed by atoms with Gasteiger partial charge in [0.15, 0.2) is 5.78 Å². The number of ketones is 1. The Labute approximate surface area is 122 Å². The largest absolute Gasteiger partial charge is 0.298 e. The molecular weight excluding hydrogens is 264 g/mol. The lowest BCUT2D eigenvalue weighted by Gasteiger charge is -1.92. The molecule has 0 unspecified atom stereocenters. The van der Waals surface area contributed by atoms with Crippen molar-refractivity contribution in [2.24, 2.45) is 0 Å². The standard InChI is InChI=1S/C9H7NO.C8H5NO/c1-7(11)9-4-2-8(6-10)3-5-9;9-5-7-1-3-8(6-10)4-2-7/h2-5H,1H3;1-4,6H. The predicted octanol–water partition coefficient (Wildman–Crippen LogP) is 3.13. The van der Waals surface area contributed by atoms with Crippen LogP contribution in [-0.4, -0.2) is 12.1 Å². The first-order valence-electron chi connectivity index (χ1n) is 6.07. The fourth-order valence-corrected chi connectivity index (χ4v) is 1.42. The summed E-state index contributed by atoms with van der Waals surface area (Å²) >= 11 is 0. The van der Waals surface area contributed by atoms with Gasteiger partial charge in [-0.3, -0.25) is 9.59 Å². The van der Waals surface area contributed by atoms with Crippen LogP contribution in [0.3, 0.4) is 0 Å². The maximum absolute atomic E-state index is 10.8. The Morgan fingerprint density at radius 3 is 1.67 bits per heavy atom. The van der Waals surface area contributed by atoms with E-state index in [1.54, 1.807) is 48.5 Å². The van der Waals surface area contributed by atoms with Gasteiger partial charge in [-0.1, -0.05) is 24.3 Å². The fourth-order valence-electron chi connectivity index (χ4n) is 1.42. The van der Waals surface area contributed by atoms with Crippen LogP contribution in [0.4, 0.5) is 0 Å². The molecule has 0 aliphatic heterocycles. The van der Waals surface area contributed by atoms with Crippen LogP contribution >= 0.6 is 0 Å². The Morgan fingerprint density at radius 2 is 1.33 bits per heavy atom. The summed E-state index contributed by atoms with van der Waals surface area (Å²) in [5, 5.41) is 16.8. The van der Waals surface area contributed by atoms with Crippen LogP contribution in [-0.2, 0) is 0 Å². The van der Waals surface area contributed by atoms with Crippen molar-refractivity contribution in [1.82, 2.24) is 0 Å². The predicted molar refractivity (Wildman–Crippen MR) is 77.7 cm³/mol. The van der Waals surface area contributed by atoms with Gasteiger partial charge in [0.05, 0.1) is 23.3 Å². The van der Waals surface area contributed by atoms with E-state index in [0.717, 1.165) is 6.29 Å². The van der Waals surface area contributed by atoms with Gasteiger partial charge in [0.1, 0.15) is 6.29 Å². The van der Waals surface area contributed by atoms with E-state index in [1.165, 1.54) is 6.92 Å². The molecule has 0 fully saturated rings. The third kappa shape index (κ3) is 5.10. The van der Waals surface area contributed by atoms with Crippen LogP contribution in [0.25, 0.3) is 0 Å². The number of nitriles is 2. The van der Waals surface area contributed by atoms with Gasteiger partial charge in [-0.2, -0.15) is 10.5 Å². The molecule has 2 aromatic rings. The molecule has 0 radical (unpaired) electrons. The van der Waals surface area contributed by atoms with Gasteiger partial charge in [-0.25, -0.2) is 0 Å². The summed E-state index contributed by atoms with van der Waals surface area (Å²) in [6, 6.07) is 17.0. The first-order chi connectivity index (χ1) is 10.1. The van der Waals surface area contributed by atoms with E-state index < -0.39 is 0 Å². The van der Waals surface area contributed by atoms with Crippen LogP contribution in [0.1, 0.15) is 38.8 Å². The minimum atomic E-state index is 0.0227. The summed E-state index contributed by atoms with van der Waals surface area (Å²) in [6.07, 6.45) is 0.751. The van der Waals surface area contributed by atoms with Gasteiger partial charge in [0, 0.05) is 11.1 Å². The zero-order valence-corrected chi connectivity index (χ0v) is 11.4. The van der Waals surface area contributed by atoms with Crippen LogP contribution in [0.2, 0.25) is 0 Å². The van der Waals surface area contributed by atoms with Crippen LogP contribution in [0.15, 0.2) is 48.5 Å². The molecule has 0 amide bonds. The van der Waals surface area contributed by atoms with Gasteiger partial charge in [0.25, 0.3) is 0 Å². The van der Waals surface area contributed by atoms with Crippen molar-refractivity contribution in [3.63, 3.8) is 0 Å². The minimum absolute atomic E-state index is 0.0227. The molecule has 0 atom stereocenters. The molecule has 0 aliphatic carbocycles. The van der Waals surface area contributed by atoms with Crippen LogP contribution in [0.5, 0.6) is 0 Å². The quantitative estimate of drug-likeness (QED) is 0.623. The molecule has 102 valence electrons. The zero-order valence-electron chi connectivity index (χ0n) is 11.4. The van der Waals surface area contributed by atoms with E-state index in [-0.39, 0.29) is 5.78 Å². The lowest BCUT2D eigenvalue weighted by Crippen LogP contribution is -1.90. The fraction of sp³-hybridized carbons (Fsp3) is 0.0588. The summed E-state index contributed by atoms with van der Waals surface area (Å²) in [7, 11) is 0. The summed E-state index contributed by atoms with van der Waals surface area (Å²) in [6.45, 7) is 1.50. The van der Waals surface area contributed by atoms with E-state index >= 15 is 0 Å². The number of benzene rings is 2. The molecule has 4 heteroatoms. The molecule has 0 saturated carbocycles. The zero-order chi connectivity index (χ0) is 15.7. The molecule has 0 aliphatic rings. The number of hydrogen-bond acceptors (Lipinski definition) is 4. The van der Waals surface area contributed by atoms with Crippen molar-refractivity contribution in [3.8, 4) is 12.1 Å². The van der Waals surface area contributed by atoms with Crippen molar-refractivity contribution in [2.75, 3.05) is 0 Å². The number of Topliss-reactive ketones (excluding diaryl/α,β-unsaturated/α-hetero) is 1. The van der Waals surface area contributed by atoms with Crippen LogP contribution < -0.4 is 0 Å². The van der Waals surface area contributed by atoms with E-state index in [4.69, 9.17) is 10.5 Å². The average molecular weight is 276 g/mol. The Bertz CT molecular complexity index is 702. The molecular formula is C17H12N2O2. The summed E-state index contributed by atoms with van der Waals surface area (Å²) < 4.78 is 0. The van der Waals surface area contributed by atoms with Crippen molar-refractivity contribution in [2.45, 2.75) is 6.92 Å². The normalized spacial score (nSPS) is 8.52. The first-order valence-corrected chi connectivity index (χ1v) is 6.07. The second kappa shape index (κ2) is 8.04. The number of carbonyl (C=O) groups excluding carboxylic acids is 2. The van der Waals surface area contributed by atoms with Gasteiger partial charge >= 0.3 is 0 Å². The van der Waals surface area contributed by atoms with Crippen molar-refractivity contribution in [1.29, 1.82) is 10.5 Å². The summed E-state index contributed by atoms with van der Waals surface area (Å²) in [4.78, 5) is 20.9. The molecule has 4 nitrogen and oxygen atoms in total. The van der Waals surface area contributed by atoms with Gasteiger partial charge < -0.3 is 0 Å². The Morgan fingerprint density at radius 1 is 0.905 bits per heavy atom. The maximum Gasteiger partial charge on any atom is 0.159 e. The highest BCUT2D eigenvalue weighted by molar-refractivity contribution is 5.94. The lowest BCUT2D eigenvalue weighted by atomic mass is 10.1. The summed E-state index contributed by atoms with van der Waals surface area (Å²) in [5.74, 6) is 0.0227. The van der Waals surface area contributed by atoms with Crippen molar-refractivity contribution in [3.05, 3.63) is 70.8 Å². The molecule has 0 bridgehead atoms. The number of carbonyl (C=O) groups is 2. The van der Waals surface area contributed by atoms with Crippen LogP contribution in [0, 0.1) is 22.7 Å². The first kappa shape index (κ1) is 15.8. The van der Waals surface area contributed by atoms with Gasteiger partial charge in [0.2, 0.25) is 0 Å². The van der Waals surface area contributed by atoms with Gasteiger partial charge in [-0.15, -0.1) is 0 Å². The highest BCUT2D eigenvalue weighted by Gasteiger charge is 1.96. The topological polar surface area (TPSA) is 81.7 Å². The number of aldehydes is 1. The highest BCUT2D eigenvalue weighted by atomic mass is 16.1. The minimum Gasteiger partial charge on any atom is -0.298 e. The number of nitrogens with zero attached hydrogens (tertiary/aromatic N) is 2. The van der Waals surface area contributed by atoms with Gasteiger partial charge in [-0.05, 0) is 31.2 Å². The third-order valence-electron chi connectivity index (χ3n) is 2.60. The van der Waals surface area contributed by atoms with Crippen molar-refractivity contribution >= 4 is 12.1 Å². The maximum atomic E-state index is 10.8. The second-order valence-corrected chi connectivity index (χ2v) is 4.10. The number of rotatable bonds is 2. The highest BCUT2D eigenvalue weighted by Crippen LogP contribution is 2.03. The molecule has 2 rings (SSSR count). The van der Waals surface area contributed by atoms with E-state index in [1.807, 2.05) is 12.1 Å². The summed E-state index contributed by atoms with van der Waals surface area (Å²) in [5.41, 5.74) is 2.39. The second-order valence-electron chi connectivity index (χ2n) is 4.10. The lowest BCUT2D eigenvalue weighted by molar-refractivity contribution is 0.101. The monoisotopic (exact) mass is 276 g/mol. The smallest absolute Gasteiger partial charge is 0.159 e. The third-order valence-corrected chi connectivity index (χ3v) is 2.60. The molecule has 2 aromatic carbocycles. The Kier molecular flexibility index (Phi) is 6.05. The van der Waals surface area contributed by atoms with E-state index in [2.05, 4.69) is 0 Å². The van der Waals surface area contributed by atoms with E-state index in [9.17, 15) is 9.59 Å². The Hall–Kier alpha value is -3.24. The Balaban J connectivity index is 0.000000211. The average Bonchev–Trinajstić information content (AvgIpc) is 2.55. The molecule has 21 heavy (non-hydrogen) atoms.